The molecule has 2 N–H and O–H groups in total. The Morgan fingerprint density at radius 2 is 1.75 bits per heavy atom. The molecule has 0 bridgehead atoms. The molecule has 12 heavy (non-hydrogen) atoms. The highest BCUT2D eigenvalue weighted by molar-refractivity contribution is 7.49. The number of nitrogens with zero attached hydrogens (tertiary/aromatic N) is 1. The summed E-state index contributed by atoms with van der Waals surface area (Å²) >= 11 is 0. The van der Waals surface area contributed by atoms with Gasteiger partial charge in [0, 0.05) is 6.04 Å². The summed E-state index contributed by atoms with van der Waals surface area (Å²) in [6, 6.07) is -0.536. The lowest BCUT2D eigenvalue weighted by molar-refractivity contribution is 0.0242. The van der Waals surface area contributed by atoms with Crippen LogP contribution in [0.5, 0.6) is 0 Å². The lowest BCUT2D eigenvalue weighted by atomic mass is 10.3. The van der Waals surface area contributed by atoms with Crippen LogP contribution in [0.2, 0.25) is 0 Å². The minimum Gasteiger partial charge on any atom is -0.312 e. The molecule has 0 aliphatic carbocycles. The Morgan fingerprint density at radius 3 is 1.75 bits per heavy atom. The summed E-state index contributed by atoms with van der Waals surface area (Å²) < 4.78 is 24.6. The molecular weight excluding hydrogens is 184 g/mol. The normalized spacial score (nSPS) is 14.4. The fourth-order valence-corrected chi connectivity index (χ4v) is 2.45. The summed E-state index contributed by atoms with van der Waals surface area (Å²) in [4.78, 5) is 17.6. The zero-order chi connectivity index (χ0) is 10.2. The molecule has 0 radical (unpaired) electrons. The second-order valence-electron chi connectivity index (χ2n) is 3.36. The van der Waals surface area contributed by atoms with E-state index in [0.29, 0.717) is 4.67 Å². The molecule has 0 atom stereocenters. The molecule has 6 heteroatoms. The van der Waals surface area contributed by atoms with Gasteiger partial charge in [0.25, 0.3) is 0 Å². The second-order valence-corrected chi connectivity index (χ2v) is 4.82. The summed E-state index contributed by atoms with van der Waals surface area (Å²) in [7, 11) is -4.50. The molecule has 0 aromatic heterocycles. The van der Waals surface area contributed by atoms with Gasteiger partial charge in [-0.1, -0.05) is 0 Å². The van der Waals surface area contributed by atoms with Gasteiger partial charge in [0.05, 0.1) is 0 Å². The average Bonchev–Trinajstić information content (AvgIpc) is 1.49. The fraction of sp³-hybridized carbons (Fsp3) is 1.00. The number of hydrogen-bond donors (Lipinski definition) is 2. The Kier molecular flexibility index (Phi) is 3.43. The lowest BCUT2D eigenvalue weighted by Gasteiger charge is -2.34. The van der Waals surface area contributed by atoms with Crippen molar-refractivity contribution < 1.29 is 18.7 Å². The Hall–Kier alpha value is 0.0400. The largest absolute Gasteiger partial charge is 0.405 e. The SMILES string of the molecule is CC(C)N(C(C)(C)F)P(=O)(O)O. The molecule has 0 aliphatic rings. The van der Waals surface area contributed by atoms with Gasteiger partial charge in [-0.05, 0) is 27.7 Å². The third kappa shape index (κ3) is 3.19. The Labute approximate surface area is 71.6 Å². The first-order chi connectivity index (χ1) is 5.07. The molecule has 0 spiro atoms. The van der Waals surface area contributed by atoms with Crippen LogP contribution < -0.4 is 0 Å². The Balaban J connectivity index is 4.83. The number of halogens is 1. The summed E-state index contributed by atoms with van der Waals surface area (Å²) in [5.41, 5.74) is 0. The van der Waals surface area contributed by atoms with Crippen molar-refractivity contribution in [2.45, 2.75) is 39.5 Å². The Bertz CT molecular complexity index is 195. The molecule has 0 fully saturated rings. The molecular formula is C6H15FNO3P. The van der Waals surface area contributed by atoms with Crippen molar-refractivity contribution in [1.82, 2.24) is 4.67 Å². The van der Waals surface area contributed by atoms with Gasteiger partial charge in [0.2, 0.25) is 0 Å². The van der Waals surface area contributed by atoms with Crippen LogP contribution in [-0.4, -0.2) is 26.3 Å². The smallest absolute Gasteiger partial charge is 0.312 e. The quantitative estimate of drug-likeness (QED) is 0.534. The molecule has 0 aromatic carbocycles. The third-order valence-corrected chi connectivity index (χ3v) is 2.81. The van der Waals surface area contributed by atoms with Crippen molar-refractivity contribution in [1.29, 1.82) is 0 Å². The van der Waals surface area contributed by atoms with E-state index in [-0.39, 0.29) is 0 Å². The van der Waals surface area contributed by atoms with Crippen LogP contribution >= 0.6 is 7.75 Å². The van der Waals surface area contributed by atoms with E-state index >= 15 is 0 Å². The summed E-state index contributed by atoms with van der Waals surface area (Å²) in [6.07, 6.45) is 0. The second kappa shape index (κ2) is 3.42. The molecule has 0 heterocycles. The van der Waals surface area contributed by atoms with Gasteiger partial charge in [-0.15, -0.1) is 0 Å². The van der Waals surface area contributed by atoms with Crippen molar-refractivity contribution in [3.8, 4) is 0 Å². The predicted octanol–water partition coefficient (Wildman–Crippen LogP) is 1.50. The van der Waals surface area contributed by atoms with E-state index in [1.54, 1.807) is 0 Å². The third-order valence-electron chi connectivity index (χ3n) is 1.31. The lowest BCUT2D eigenvalue weighted by Crippen LogP contribution is -2.42. The maximum Gasteiger partial charge on any atom is 0.405 e. The van der Waals surface area contributed by atoms with Crippen molar-refractivity contribution in [2.24, 2.45) is 0 Å². The van der Waals surface area contributed by atoms with Gasteiger partial charge < -0.3 is 9.79 Å². The van der Waals surface area contributed by atoms with E-state index in [9.17, 15) is 8.96 Å². The number of alkyl halides is 1. The minimum absolute atomic E-state index is 0.536. The van der Waals surface area contributed by atoms with Crippen LogP contribution in [0.3, 0.4) is 0 Å². The minimum atomic E-state index is -4.50. The molecule has 4 nitrogen and oxygen atoms in total. The standard InChI is InChI=1S/C6H15FNO3P/c1-5(2)8(6(3,4)7)12(9,10)11/h5H,1-4H3,(H2,9,10,11). The fourth-order valence-electron chi connectivity index (χ4n) is 1.22. The van der Waals surface area contributed by atoms with Crippen molar-refractivity contribution in [3.05, 3.63) is 0 Å². The zero-order valence-electron chi connectivity index (χ0n) is 7.65. The maximum atomic E-state index is 13.2. The van der Waals surface area contributed by atoms with Crippen LogP contribution in [0.1, 0.15) is 27.7 Å². The first kappa shape index (κ1) is 12.0. The number of rotatable bonds is 3. The molecule has 0 aromatic rings. The van der Waals surface area contributed by atoms with Gasteiger partial charge in [-0.3, -0.25) is 0 Å². The number of hydrogen-bond acceptors (Lipinski definition) is 1. The first-order valence-corrected chi connectivity index (χ1v) is 5.17. The molecule has 0 saturated heterocycles. The Morgan fingerprint density at radius 1 is 1.42 bits per heavy atom. The van der Waals surface area contributed by atoms with Crippen LogP contribution in [-0.2, 0) is 4.57 Å². The zero-order valence-corrected chi connectivity index (χ0v) is 8.55. The molecule has 74 valence electrons. The van der Waals surface area contributed by atoms with Crippen LogP contribution in [0.4, 0.5) is 4.39 Å². The van der Waals surface area contributed by atoms with Gasteiger partial charge in [-0.25, -0.2) is 8.96 Å². The van der Waals surface area contributed by atoms with Crippen molar-refractivity contribution in [2.75, 3.05) is 0 Å². The van der Waals surface area contributed by atoms with Crippen molar-refractivity contribution in [3.63, 3.8) is 0 Å². The maximum absolute atomic E-state index is 13.2. The monoisotopic (exact) mass is 199 g/mol. The van der Waals surface area contributed by atoms with Crippen LogP contribution in [0.15, 0.2) is 0 Å². The molecule has 0 unspecified atom stereocenters. The van der Waals surface area contributed by atoms with E-state index in [1.165, 1.54) is 13.8 Å². The topological polar surface area (TPSA) is 60.8 Å². The highest BCUT2D eigenvalue weighted by Gasteiger charge is 2.40. The summed E-state index contributed by atoms with van der Waals surface area (Å²) in [5.74, 6) is -2.01. The van der Waals surface area contributed by atoms with Gasteiger partial charge >= 0.3 is 7.75 Å². The van der Waals surface area contributed by atoms with E-state index in [0.717, 1.165) is 13.8 Å². The van der Waals surface area contributed by atoms with E-state index in [4.69, 9.17) is 9.79 Å². The van der Waals surface area contributed by atoms with Crippen LogP contribution in [0.25, 0.3) is 0 Å². The van der Waals surface area contributed by atoms with Gasteiger partial charge in [0.15, 0.2) is 5.79 Å². The van der Waals surface area contributed by atoms with Gasteiger partial charge in [-0.2, -0.15) is 4.67 Å². The molecule has 0 aliphatic heterocycles. The molecule has 0 rings (SSSR count). The van der Waals surface area contributed by atoms with Crippen molar-refractivity contribution >= 4 is 7.75 Å². The van der Waals surface area contributed by atoms with E-state index in [1.807, 2.05) is 0 Å². The first-order valence-electron chi connectivity index (χ1n) is 3.61. The van der Waals surface area contributed by atoms with E-state index in [2.05, 4.69) is 0 Å². The summed E-state index contributed by atoms with van der Waals surface area (Å²) in [5, 5.41) is 0. The average molecular weight is 199 g/mol. The van der Waals surface area contributed by atoms with Crippen LogP contribution in [0, 0.1) is 0 Å². The summed E-state index contributed by atoms with van der Waals surface area (Å²) in [6.45, 7) is 5.29. The predicted molar refractivity (Wildman–Crippen MR) is 44.2 cm³/mol. The highest BCUT2D eigenvalue weighted by Crippen LogP contribution is 2.47. The molecule has 0 amide bonds. The molecule has 0 saturated carbocycles. The van der Waals surface area contributed by atoms with E-state index < -0.39 is 19.6 Å². The highest BCUT2D eigenvalue weighted by atomic mass is 31.2. The van der Waals surface area contributed by atoms with Gasteiger partial charge in [0.1, 0.15) is 0 Å².